The standard InChI is InChI=1S/C24H20ClNO4/c1-14-12-15(10-11-21(14)25)22(23(27)28)26-24(29)30-13-20-18-8-4-2-6-16(18)17-7-3-5-9-19(17)20/h2-12,20,22H,13H2,1H3,(H,26,29)(H,27,28). The second kappa shape index (κ2) is 8.20. The fourth-order valence-electron chi connectivity index (χ4n) is 3.89. The van der Waals surface area contributed by atoms with Crippen LogP contribution >= 0.6 is 11.6 Å². The second-order valence-electron chi connectivity index (χ2n) is 7.25. The highest BCUT2D eigenvalue weighted by Crippen LogP contribution is 2.44. The van der Waals surface area contributed by atoms with Crippen molar-refractivity contribution < 1.29 is 19.4 Å². The molecule has 1 aliphatic carbocycles. The van der Waals surface area contributed by atoms with E-state index in [2.05, 4.69) is 17.4 Å². The number of rotatable bonds is 5. The minimum Gasteiger partial charge on any atom is -0.479 e. The van der Waals surface area contributed by atoms with Gasteiger partial charge in [-0.05, 0) is 46.4 Å². The third-order valence-electron chi connectivity index (χ3n) is 5.37. The van der Waals surface area contributed by atoms with Crippen LogP contribution in [0, 0.1) is 6.92 Å². The maximum absolute atomic E-state index is 12.4. The molecule has 0 aliphatic heterocycles. The molecule has 0 saturated carbocycles. The number of carboxylic acids is 1. The van der Waals surface area contributed by atoms with Gasteiger partial charge in [0.2, 0.25) is 0 Å². The monoisotopic (exact) mass is 421 g/mol. The summed E-state index contributed by atoms with van der Waals surface area (Å²) >= 11 is 6.02. The van der Waals surface area contributed by atoms with Crippen molar-refractivity contribution in [3.63, 3.8) is 0 Å². The van der Waals surface area contributed by atoms with Gasteiger partial charge in [0.25, 0.3) is 0 Å². The van der Waals surface area contributed by atoms with Gasteiger partial charge in [0.1, 0.15) is 6.61 Å². The van der Waals surface area contributed by atoms with E-state index in [4.69, 9.17) is 16.3 Å². The lowest BCUT2D eigenvalue weighted by atomic mass is 9.98. The molecule has 6 heteroatoms. The number of aliphatic carboxylic acids is 1. The van der Waals surface area contributed by atoms with Gasteiger partial charge in [-0.25, -0.2) is 9.59 Å². The van der Waals surface area contributed by atoms with Crippen LogP contribution in [0.4, 0.5) is 4.79 Å². The van der Waals surface area contributed by atoms with Crippen molar-refractivity contribution in [2.45, 2.75) is 18.9 Å². The molecule has 1 amide bonds. The highest BCUT2D eigenvalue weighted by Gasteiger charge is 2.30. The quantitative estimate of drug-likeness (QED) is 0.585. The smallest absolute Gasteiger partial charge is 0.408 e. The van der Waals surface area contributed by atoms with Crippen LogP contribution in [0.15, 0.2) is 66.7 Å². The molecule has 0 saturated heterocycles. The largest absolute Gasteiger partial charge is 0.479 e. The molecule has 4 rings (SSSR count). The molecule has 30 heavy (non-hydrogen) atoms. The number of fused-ring (bicyclic) bond motifs is 3. The fourth-order valence-corrected chi connectivity index (χ4v) is 4.01. The summed E-state index contributed by atoms with van der Waals surface area (Å²) in [7, 11) is 0. The number of carbonyl (C=O) groups excluding carboxylic acids is 1. The molecule has 1 aliphatic rings. The molecule has 0 bridgehead atoms. The van der Waals surface area contributed by atoms with Crippen molar-refractivity contribution in [1.29, 1.82) is 0 Å². The van der Waals surface area contributed by atoms with E-state index >= 15 is 0 Å². The molecule has 152 valence electrons. The van der Waals surface area contributed by atoms with Gasteiger partial charge < -0.3 is 15.2 Å². The van der Waals surface area contributed by atoms with Crippen LogP contribution in [0.5, 0.6) is 0 Å². The Morgan fingerprint density at radius 2 is 1.63 bits per heavy atom. The maximum atomic E-state index is 12.4. The first kappa shape index (κ1) is 20.0. The third kappa shape index (κ3) is 3.76. The molecule has 0 spiro atoms. The van der Waals surface area contributed by atoms with E-state index < -0.39 is 18.1 Å². The number of aryl methyl sites for hydroxylation is 1. The SMILES string of the molecule is Cc1cc(C(NC(=O)OCC2c3ccccc3-c3ccccc32)C(=O)O)ccc1Cl. The number of amides is 1. The molecule has 0 radical (unpaired) electrons. The first-order valence-electron chi connectivity index (χ1n) is 9.56. The highest BCUT2D eigenvalue weighted by molar-refractivity contribution is 6.31. The van der Waals surface area contributed by atoms with Crippen molar-refractivity contribution in [1.82, 2.24) is 5.32 Å². The van der Waals surface area contributed by atoms with Crippen LogP contribution in [-0.2, 0) is 9.53 Å². The Kier molecular flexibility index (Phi) is 5.46. The summed E-state index contributed by atoms with van der Waals surface area (Å²) < 4.78 is 5.46. The molecule has 2 N–H and O–H groups in total. The molecule has 1 atom stereocenters. The van der Waals surface area contributed by atoms with Gasteiger partial charge in [-0.2, -0.15) is 0 Å². The number of hydrogen-bond donors (Lipinski definition) is 2. The minimum absolute atomic E-state index is 0.0933. The lowest BCUT2D eigenvalue weighted by Gasteiger charge is -2.18. The van der Waals surface area contributed by atoms with Crippen molar-refractivity contribution in [2.24, 2.45) is 0 Å². The number of ether oxygens (including phenoxy) is 1. The molecule has 0 fully saturated rings. The normalized spacial score (nSPS) is 13.3. The average Bonchev–Trinajstić information content (AvgIpc) is 3.06. The van der Waals surface area contributed by atoms with Crippen LogP contribution < -0.4 is 5.32 Å². The van der Waals surface area contributed by atoms with Gasteiger partial charge in [0.15, 0.2) is 6.04 Å². The Labute approximate surface area is 179 Å². The van der Waals surface area contributed by atoms with E-state index in [1.165, 1.54) is 0 Å². The maximum Gasteiger partial charge on any atom is 0.408 e. The average molecular weight is 422 g/mol. The number of alkyl carbamates (subject to hydrolysis) is 1. The van der Waals surface area contributed by atoms with E-state index in [-0.39, 0.29) is 12.5 Å². The van der Waals surface area contributed by atoms with E-state index in [0.717, 1.165) is 27.8 Å². The van der Waals surface area contributed by atoms with Gasteiger partial charge in [0.05, 0.1) is 0 Å². The Bertz CT molecular complexity index is 1080. The lowest BCUT2D eigenvalue weighted by Crippen LogP contribution is -2.34. The van der Waals surface area contributed by atoms with E-state index in [9.17, 15) is 14.7 Å². The molecule has 0 heterocycles. The van der Waals surface area contributed by atoms with Crippen molar-refractivity contribution in [3.05, 3.63) is 94.0 Å². The van der Waals surface area contributed by atoms with Gasteiger partial charge in [-0.1, -0.05) is 72.3 Å². The summed E-state index contributed by atoms with van der Waals surface area (Å²) in [6.45, 7) is 1.89. The number of halogens is 1. The summed E-state index contributed by atoms with van der Waals surface area (Å²) in [5, 5.41) is 12.6. The minimum atomic E-state index is -1.23. The molecule has 0 aromatic heterocycles. The molecular weight excluding hydrogens is 402 g/mol. The Morgan fingerprint density at radius 3 is 2.20 bits per heavy atom. The molecule has 1 unspecified atom stereocenters. The zero-order valence-electron chi connectivity index (χ0n) is 16.3. The van der Waals surface area contributed by atoms with Gasteiger partial charge in [-0.3, -0.25) is 0 Å². The Hall–Kier alpha value is -3.31. The Balaban J connectivity index is 1.49. The third-order valence-corrected chi connectivity index (χ3v) is 5.79. The summed E-state index contributed by atoms with van der Waals surface area (Å²) in [6, 6.07) is 19.7. The van der Waals surface area contributed by atoms with Crippen LogP contribution in [-0.4, -0.2) is 23.8 Å². The Morgan fingerprint density at radius 1 is 1.03 bits per heavy atom. The van der Waals surface area contributed by atoms with Crippen LogP contribution in [0.2, 0.25) is 5.02 Å². The van der Waals surface area contributed by atoms with E-state index in [1.54, 1.807) is 25.1 Å². The van der Waals surface area contributed by atoms with Crippen molar-refractivity contribution in [3.8, 4) is 11.1 Å². The van der Waals surface area contributed by atoms with Crippen LogP contribution in [0.1, 0.15) is 34.2 Å². The number of nitrogens with one attached hydrogen (secondary N) is 1. The summed E-state index contributed by atoms with van der Waals surface area (Å²) in [5.41, 5.74) is 5.60. The number of hydrogen-bond acceptors (Lipinski definition) is 3. The zero-order chi connectivity index (χ0) is 21.3. The van der Waals surface area contributed by atoms with Crippen molar-refractivity contribution >= 4 is 23.7 Å². The molecule has 3 aromatic carbocycles. The first-order chi connectivity index (χ1) is 14.5. The molecule has 5 nitrogen and oxygen atoms in total. The van der Waals surface area contributed by atoms with Crippen LogP contribution in [0.25, 0.3) is 11.1 Å². The van der Waals surface area contributed by atoms with Gasteiger partial charge in [-0.15, -0.1) is 0 Å². The summed E-state index contributed by atoms with van der Waals surface area (Å²) in [5.74, 6) is -1.27. The number of benzene rings is 3. The van der Waals surface area contributed by atoms with E-state index in [0.29, 0.717) is 10.6 Å². The van der Waals surface area contributed by atoms with Crippen LogP contribution in [0.3, 0.4) is 0 Å². The van der Waals surface area contributed by atoms with E-state index in [1.807, 2.05) is 36.4 Å². The number of carboxylic acid groups (broad SMARTS) is 1. The predicted octanol–water partition coefficient (Wildman–Crippen LogP) is 5.31. The van der Waals surface area contributed by atoms with Crippen molar-refractivity contribution in [2.75, 3.05) is 6.61 Å². The lowest BCUT2D eigenvalue weighted by molar-refractivity contribution is -0.139. The summed E-state index contributed by atoms with van der Waals surface area (Å²) in [6.07, 6.45) is -0.781. The first-order valence-corrected chi connectivity index (χ1v) is 9.94. The highest BCUT2D eigenvalue weighted by atomic mass is 35.5. The zero-order valence-corrected chi connectivity index (χ0v) is 17.0. The fraction of sp³-hybridized carbons (Fsp3) is 0.167. The predicted molar refractivity (Wildman–Crippen MR) is 115 cm³/mol. The second-order valence-corrected chi connectivity index (χ2v) is 7.66. The topological polar surface area (TPSA) is 75.6 Å². The molecular formula is C24H20ClNO4. The summed E-state index contributed by atoms with van der Waals surface area (Å²) in [4.78, 5) is 24.2. The van der Waals surface area contributed by atoms with Gasteiger partial charge >= 0.3 is 12.1 Å². The molecule has 3 aromatic rings. The number of carbonyl (C=O) groups is 2. The van der Waals surface area contributed by atoms with Gasteiger partial charge in [0, 0.05) is 10.9 Å².